The number of hydrogen-bond acceptors (Lipinski definition) is 4. The largest absolute Gasteiger partial charge is 0.497 e. The van der Waals surface area contributed by atoms with Crippen molar-refractivity contribution in [3.8, 4) is 5.75 Å². The number of amides is 1. The molecule has 0 bridgehead atoms. The second-order valence-electron chi connectivity index (χ2n) is 4.49. The van der Waals surface area contributed by atoms with Crippen LogP contribution in [0.5, 0.6) is 5.75 Å². The van der Waals surface area contributed by atoms with Crippen LogP contribution in [-0.4, -0.2) is 18.7 Å². The first-order chi connectivity index (χ1) is 10.1. The Morgan fingerprint density at radius 3 is 2.52 bits per heavy atom. The smallest absolute Gasteiger partial charge is 0.271 e. The molecule has 0 aliphatic heterocycles. The van der Waals surface area contributed by atoms with Crippen molar-refractivity contribution in [2.24, 2.45) is 5.10 Å². The van der Waals surface area contributed by atoms with Crippen LogP contribution in [0.1, 0.15) is 22.8 Å². The Hall–Kier alpha value is -2.82. The molecule has 0 heterocycles. The van der Waals surface area contributed by atoms with Crippen LogP contribution in [0.4, 0.5) is 5.69 Å². The second-order valence-corrected chi connectivity index (χ2v) is 4.49. The molecule has 3 N–H and O–H groups in total. The van der Waals surface area contributed by atoms with Gasteiger partial charge < -0.3 is 10.5 Å². The molecular weight excluding hydrogens is 266 g/mol. The number of carbonyl (C=O) groups is 1. The Morgan fingerprint density at radius 1 is 1.14 bits per heavy atom. The summed E-state index contributed by atoms with van der Waals surface area (Å²) in [6.45, 7) is 1.82. The molecule has 0 aliphatic carbocycles. The molecule has 0 spiro atoms. The van der Waals surface area contributed by atoms with E-state index >= 15 is 0 Å². The van der Waals surface area contributed by atoms with Crippen molar-refractivity contribution in [1.82, 2.24) is 5.43 Å². The first-order valence-corrected chi connectivity index (χ1v) is 6.45. The number of nitrogens with one attached hydrogen (secondary N) is 1. The number of hydrogen-bond donors (Lipinski definition) is 2. The van der Waals surface area contributed by atoms with Crippen LogP contribution in [0.2, 0.25) is 0 Å². The summed E-state index contributed by atoms with van der Waals surface area (Å²) < 4.78 is 5.16. The molecule has 2 aromatic carbocycles. The van der Waals surface area contributed by atoms with E-state index in [1.165, 1.54) is 0 Å². The lowest BCUT2D eigenvalue weighted by atomic mass is 10.1. The van der Waals surface area contributed by atoms with E-state index in [1.807, 2.05) is 31.2 Å². The molecule has 0 atom stereocenters. The minimum Gasteiger partial charge on any atom is -0.497 e. The third-order valence-corrected chi connectivity index (χ3v) is 2.99. The molecule has 0 aromatic heterocycles. The van der Waals surface area contributed by atoms with Crippen molar-refractivity contribution >= 4 is 17.3 Å². The normalized spacial score (nSPS) is 11.0. The zero-order chi connectivity index (χ0) is 15.2. The summed E-state index contributed by atoms with van der Waals surface area (Å²) in [4.78, 5) is 11.9. The van der Waals surface area contributed by atoms with Crippen LogP contribution in [0.3, 0.4) is 0 Å². The van der Waals surface area contributed by atoms with Crippen molar-refractivity contribution in [3.05, 3.63) is 59.7 Å². The van der Waals surface area contributed by atoms with E-state index in [0.717, 1.165) is 11.3 Å². The number of anilines is 1. The average molecular weight is 283 g/mol. The van der Waals surface area contributed by atoms with Gasteiger partial charge in [-0.15, -0.1) is 0 Å². The lowest BCUT2D eigenvalue weighted by Gasteiger charge is -2.05. The van der Waals surface area contributed by atoms with E-state index in [1.54, 1.807) is 31.4 Å². The van der Waals surface area contributed by atoms with Crippen LogP contribution in [0.25, 0.3) is 0 Å². The molecule has 5 nitrogen and oxygen atoms in total. The monoisotopic (exact) mass is 283 g/mol. The van der Waals surface area contributed by atoms with E-state index in [4.69, 9.17) is 10.5 Å². The summed E-state index contributed by atoms with van der Waals surface area (Å²) in [6, 6.07) is 14.1. The number of benzene rings is 2. The number of nitrogens with two attached hydrogens (primary N) is 1. The maximum absolute atomic E-state index is 11.9. The zero-order valence-electron chi connectivity index (χ0n) is 12.0. The molecule has 0 saturated carbocycles. The summed E-state index contributed by atoms with van der Waals surface area (Å²) in [5.74, 6) is 0.462. The van der Waals surface area contributed by atoms with Gasteiger partial charge in [0.1, 0.15) is 5.75 Å². The molecule has 2 aromatic rings. The Kier molecular flexibility index (Phi) is 4.56. The quantitative estimate of drug-likeness (QED) is 0.514. The maximum atomic E-state index is 11.9. The lowest BCUT2D eigenvalue weighted by Crippen LogP contribution is -2.19. The number of hydrazone groups is 1. The van der Waals surface area contributed by atoms with Crippen molar-refractivity contribution in [2.75, 3.05) is 12.8 Å². The standard InChI is InChI=1S/C16H17N3O2/c1-11(13-4-3-5-15(10-13)21-2)18-19-16(20)12-6-8-14(17)9-7-12/h3-10H,17H2,1-2H3,(H,19,20). The molecule has 0 fully saturated rings. The van der Waals surface area contributed by atoms with Crippen molar-refractivity contribution in [2.45, 2.75) is 6.92 Å². The van der Waals surface area contributed by atoms with Gasteiger partial charge in [-0.2, -0.15) is 5.10 Å². The van der Waals surface area contributed by atoms with Gasteiger partial charge in [0.05, 0.1) is 12.8 Å². The van der Waals surface area contributed by atoms with Crippen LogP contribution < -0.4 is 15.9 Å². The summed E-state index contributed by atoms with van der Waals surface area (Å²) in [6.07, 6.45) is 0. The SMILES string of the molecule is COc1cccc(C(C)=NNC(=O)c2ccc(N)cc2)c1. The van der Waals surface area contributed by atoms with Crippen molar-refractivity contribution in [3.63, 3.8) is 0 Å². The fourth-order valence-electron chi connectivity index (χ4n) is 1.75. The van der Waals surface area contributed by atoms with E-state index in [0.29, 0.717) is 17.0 Å². The fraction of sp³-hybridized carbons (Fsp3) is 0.125. The number of carbonyl (C=O) groups excluding carboxylic acids is 1. The van der Waals surface area contributed by atoms with Gasteiger partial charge >= 0.3 is 0 Å². The van der Waals surface area contributed by atoms with Gasteiger partial charge in [0.15, 0.2) is 0 Å². The van der Waals surface area contributed by atoms with Crippen molar-refractivity contribution < 1.29 is 9.53 Å². The van der Waals surface area contributed by atoms with Gasteiger partial charge in [0.2, 0.25) is 0 Å². The third-order valence-electron chi connectivity index (χ3n) is 2.99. The Morgan fingerprint density at radius 2 is 1.86 bits per heavy atom. The van der Waals surface area contributed by atoms with E-state index in [9.17, 15) is 4.79 Å². The second kappa shape index (κ2) is 6.56. The molecule has 21 heavy (non-hydrogen) atoms. The number of methoxy groups -OCH3 is 1. The lowest BCUT2D eigenvalue weighted by molar-refractivity contribution is 0.0955. The van der Waals surface area contributed by atoms with E-state index in [-0.39, 0.29) is 5.91 Å². The van der Waals surface area contributed by atoms with Crippen molar-refractivity contribution in [1.29, 1.82) is 0 Å². The Bertz CT molecular complexity index is 663. The first kappa shape index (κ1) is 14.6. The Balaban J connectivity index is 2.09. The molecule has 1 amide bonds. The van der Waals surface area contributed by atoms with Crippen LogP contribution in [-0.2, 0) is 0 Å². The van der Waals surface area contributed by atoms with Gasteiger partial charge in [-0.05, 0) is 43.3 Å². The molecule has 2 rings (SSSR count). The molecule has 0 radical (unpaired) electrons. The highest BCUT2D eigenvalue weighted by molar-refractivity contribution is 6.01. The third kappa shape index (κ3) is 3.82. The van der Waals surface area contributed by atoms with Gasteiger partial charge in [-0.1, -0.05) is 12.1 Å². The highest BCUT2D eigenvalue weighted by atomic mass is 16.5. The number of nitrogens with zero attached hydrogens (tertiary/aromatic N) is 1. The van der Waals surface area contributed by atoms with Gasteiger partial charge in [0.25, 0.3) is 5.91 Å². The number of nitrogen functional groups attached to an aromatic ring is 1. The first-order valence-electron chi connectivity index (χ1n) is 6.45. The molecular formula is C16H17N3O2. The molecule has 5 heteroatoms. The van der Waals surface area contributed by atoms with Crippen LogP contribution in [0.15, 0.2) is 53.6 Å². The summed E-state index contributed by atoms with van der Waals surface area (Å²) in [7, 11) is 1.61. The highest BCUT2D eigenvalue weighted by Crippen LogP contribution is 2.13. The maximum Gasteiger partial charge on any atom is 0.271 e. The number of rotatable bonds is 4. The molecule has 108 valence electrons. The van der Waals surface area contributed by atoms with E-state index in [2.05, 4.69) is 10.5 Å². The number of ether oxygens (including phenoxy) is 1. The molecule has 0 aliphatic rings. The zero-order valence-corrected chi connectivity index (χ0v) is 12.0. The summed E-state index contributed by atoms with van der Waals surface area (Å²) in [5, 5.41) is 4.10. The highest BCUT2D eigenvalue weighted by Gasteiger charge is 2.05. The van der Waals surface area contributed by atoms with Crippen LogP contribution >= 0.6 is 0 Å². The minimum atomic E-state index is -0.280. The predicted octanol–water partition coefficient (Wildman–Crippen LogP) is 2.43. The fourth-order valence-corrected chi connectivity index (χ4v) is 1.75. The van der Waals surface area contributed by atoms with Crippen LogP contribution in [0, 0.1) is 0 Å². The molecule has 0 saturated heterocycles. The van der Waals surface area contributed by atoms with Gasteiger partial charge in [0, 0.05) is 16.8 Å². The van der Waals surface area contributed by atoms with E-state index < -0.39 is 0 Å². The summed E-state index contributed by atoms with van der Waals surface area (Å²) in [5.41, 5.74) is 10.8. The topological polar surface area (TPSA) is 76.7 Å². The Labute approximate surface area is 123 Å². The van der Waals surface area contributed by atoms with Gasteiger partial charge in [-0.3, -0.25) is 4.79 Å². The summed E-state index contributed by atoms with van der Waals surface area (Å²) >= 11 is 0. The molecule has 0 unspecified atom stereocenters. The predicted molar refractivity (Wildman–Crippen MR) is 83.5 cm³/mol. The van der Waals surface area contributed by atoms with Gasteiger partial charge in [-0.25, -0.2) is 5.43 Å². The average Bonchev–Trinajstić information content (AvgIpc) is 2.53. The minimum absolute atomic E-state index is 0.280.